The van der Waals surface area contributed by atoms with E-state index in [1.54, 1.807) is 11.3 Å². The van der Waals surface area contributed by atoms with E-state index in [0.29, 0.717) is 6.04 Å². The standard InChI is InChI=1S/C16H17ClN2S/c1-9(12-7-10-2-3-11(12)6-10)19-15-13(17)4-5-14-16(15)18-8-20-14/h2-5,8-12,19H,6-7H2,1H3. The highest BCUT2D eigenvalue weighted by Gasteiger charge is 2.38. The van der Waals surface area contributed by atoms with Gasteiger partial charge in [0.15, 0.2) is 0 Å². The van der Waals surface area contributed by atoms with Gasteiger partial charge in [-0.25, -0.2) is 4.98 Å². The molecule has 1 aromatic heterocycles. The first-order chi connectivity index (χ1) is 9.72. The van der Waals surface area contributed by atoms with Gasteiger partial charge in [0.2, 0.25) is 0 Å². The van der Waals surface area contributed by atoms with Gasteiger partial charge in [-0.3, -0.25) is 0 Å². The van der Waals surface area contributed by atoms with E-state index in [4.69, 9.17) is 11.6 Å². The number of hydrogen-bond acceptors (Lipinski definition) is 3. The largest absolute Gasteiger partial charge is 0.379 e. The minimum absolute atomic E-state index is 0.430. The van der Waals surface area contributed by atoms with Crippen molar-refractivity contribution in [1.29, 1.82) is 0 Å². The molecule has 4 rings (SSSR count). The molecule has 2 bridgehead atoms. The molecule has 2 nitrogen and oxygen atoms in total. The van der Waals surface area contributed by atoms with E-state index in [1.807, 2.05) is 17.6 Å². The zero-order valence-electron chi connectivity index (χ0n) is 11.3. The molecular formula is C16H17ClN2S. The Kier molecular flexibility index (Phi) is 3.00. The maximum absolute atomic E-state index is 6.38. The molecule has 2 aliphatic carbocycles. The van der Waals surface area contributed by atoms with Crippen LogP contribution in [0.1, 0.15) is 19.8 Å². The van der Waals surface area contributed by atoms with Crippen molar-refractivity contribution >= 4 is 38.8 Å². The number of halogens is 1. The lowest BCUT2D eigenvalue weighted by Crippen LogP contribution is -2.29. The summed E-state index contributed by atoms with van der Waals surface area (Å²) < 4.78 is 1.19. The Balaban J connectivity index is 1.62. The molecule has 2 aromatic rings. The Morgan fingerprint density at radius 2 is 2.25 bits per heavy atom. The van der Waals surface area contributed by atoms with Crippen LogP contribution in [0.2, 0.25) is 5.02 Å². The number of rotatable bonds is 3. The molecule has 0 radical (unpaired) electrons. The normalized spacial score (nSPS) is 29.2. The summed E-state index contributed by atoms with van der Waals surface area (Å²) in [5.41, 5.74) is 3.90. The number of allylic oxidation sites excluding steroid dienone is 2. The lowest BCUT2D eigenvalue weighted by molar-refractivity contribution is 0.400. The first-order valence-corrected chi connectivity index (χ1v) is 8.44. The van der Waals surface area contributed by atoms with Crippen LogP contribution in [0, 0.1) is 17.8 Å². The minimum Gasteiger partial charge on any atom is -0.379 e. The van der Waals surface area contributed by atoms with Gasteiger partial charge >= 0.3 is 0 Å². The van der Waals surface area contributed by atoms with Gasteiger partial charge in [0.1, 0.15) is 5.52 Å². The predicted octanol–water partition coefficient (Wildman–Crippen LogP) is 4.96. The van der Waals surface area contributed by atoms with Crippen LogP contribution in [0.4, 0.5) is 5.69 Å². The molecule has 104 valence electrons. The zero-order chi connectivity index (χ0) is 13.7. The fourth-order valence-electron chi connectivity index (χ4n) is 3.78. The van der Waals surface area contributed by atoms with Crippen molar-refractivity contribution in [3.05, 3.63) is 34.8 Å². The van der Waals surface area contributed by atoms with Gasteiger partial charge < -0.3 is 5.32 Å². The Bertz CT molecular complexity index is 678. The minimum atomic E-state index is 0.430. The highest BCUT2D eigenvalue weighted by Crippen LogP contribution is 2.46. The van der Waals surface area contributed by atoms with Crippen LogP contribution >= 0.6 is 22.9 Å². The van der Waals surface area contributed by atoms with Gasteiger partial charge in [-0.1, -0.05) is 23.8 Å². The summed E-state index contributed by atoms with van der Waals surface area (Å²) in [6, 6.07) is 4.45. The van der Waals surface area contributed by atoms with Gasteiger partial charge in [-0.2, -0.15) is 0 Å². The fourth-order valence-corrected chi connectivity index (χ4v) is 4.67. The van der Waals surface area contributed by atoms with E-state index < -0.39 is 0 Å². The van der Waals surface area contributed by atoms with Crippen LogP contribution in [0.5, 0.6) is 0 Å². The highest BCUT2D eigenvalue weighted by atomic mass is 35.5. The molecule has 0 saturated heterocycles. The molecule has 0 amide bonds. The van der Waals surface area contributed by atoms with Crippen LogP contribution < -0.4 is 5.32 Å². The third-order valence-electron chi connectivity index (χ3n) is 4.80. The molecule has 1 N–H and O–H groups in total. The molecule has 2 aliphatic rings. The molecule has 20 heavy (non-hydrogen) atoms. The predicted molar refractivity (Wildman–Crippen MR) is 86.6 cm³/mol. The summed E-state index contributed by atoms with van der Waals surface area (Å²) in [6.07, 6.45) is 7.44. The Labute approximate surface area is 127 Å². The van der Waals surface area contributed by atoms with E-state index in [1.165, 1.54) is 17.5 Å². The van der Waals surface area contributed by atoms with E-state index in [9.17, 15) is 0 Å². The maximum Gasteiger partial charge on any atom is 0.106 e. The van der Waals surface area contributed by atoms with E-state index in [-0.39, 0.29) is 0 Å². The molecule has 0 aliphatic heterocycles. The molecule has 4 unspecified atom stereocenters. The van der Waals surface area contributed by atoms with Crippen molar-refractivity contribution in [3.8, 4) is 0 Å². The lowest BCUT2D eigenvalue weighted by Gasteiger charge is -2.27. The third-order valence-corrected chi connectivity index (χ3v) is 5.91. The van der Waals surface area contributed by atoms with E-state index in [0.717, 1.165) is 34.0 Å². The number of thiazole rings is 1. The summed E-state index contributed by atoms with van der Waals surface area (Å²) in [6.45, 7) is 2.28. The first-order valence-electron chi connectivity index (χ1n) is 7.19. The van der Waals surface area contributed by atoms with E-state index >= 15 is 0 Å². The number of hydrogen-bond donors (Lipinski definition) is 1. The van der Waals surface area contributed by atoms with Crippen molar-refractivity contribution in [2.24, 2.45) is 17.8 Å². The molecule has 4 atom stereocenters. The number of anilines is 1. The molecule has 1 aromatic carbocycles. The van der Waals surface area contributed by atoms with Gasteiger partial charge in [-0.05, 0) is 49.7 Å². The van der Waals surface area contributed by atoms with Crippen LogP contribution in [0.25, 0.3) is 10.2 Å². The van der Waals surface area contributed by atoms with Gasteiger partial charge in [0.05, 0.1) is 20.9 Å². The number of nitrogens with zero attached hydrogens (tertiary/aromatic N) is 1. The zero-order valence-corrected chi connectivity index (χ0v) is 12.9. The number of aromatic nitrogens is 1. The average molecular weight is 305 g/mol. The summed E-state index contributed by atoms with van der Waals surface area (Å²) in [7, 11) is 0. The summed E-state index contributed by atoms with van der Waals surface area (Å²) in [4.78, 5) is 4.46. The fraction of sp³-hybridized carbons (Fsp3) is 0.438. The van der Waals surface area contributed by atoms with Crippen molar-refractivity contribution in [2.75, 3.05) is 5.32 Å². The third kappa shape index (κ3) is 1.95. The second-order valence-electron chi connectivity index (χ2n) is 6.00. The Morgan fingerprint density at radius 1 is 1.35 bits per heavy atom. The van der Waals surface area contributed by atoms with Crippen molar-refractivity contribution in [2.45, 2.75) is 25.8 Å². The maximum atomic E-state index is 6.38. The Hall–Kier alpha value is -1.06. The molecule has 0 spiro atoms. The summed E-state index contributed by atoms with van der Waals surface area (Å²) in [5, 5.41) is 4.42. The number of nitrogens with one attached hydrogen (secondary N) is 1. The smallest absolute Gasteiger partial charge is 0.106 e. The SMILES string of the molecule is CC(Nc1c(Cl)ccc2scnc12)C1CC2C=CC1C2. The average Bonchev–Trinajstić information content (AvgIpc) is 3.15. The topological polar surface area (TPSA) is 24.9 Å². The number of benzene rings is 1. The molecule has 1 saturated carbocycles. The quantitative estimate of drug-likeness (QED) is 0.810. The van der Waals surface area contributed by atoms with Crippen molar-refractivity contribution < 1.29 is 0 Å². The van der Waals surface area contributed by atoms with Crippen LogP contribution in [0.3, 0.4) is 0 Å². The first kappa shape index (κ1) is 12.7. The monoisotopic (exact) mass is 304 g/mol. The second kappa shape index (κ2) is 4.74. The van der Waals surface area contributed by atoms with Gasteiger partial charge in [0, 0.05) is 6.04 Å². The van der Waals surface area contributed by atoms with Gasteiger partial charge in [-0.15, -0.1) is 11.3 Å². The second-order valence-corrected chi connectivity index (χ2v) is 7.29. The van der Waals surface area contributed by atoms with Crippen LogP contribution in [-0.4, -0.2) is 11.0 Å². The number of fused-ring (bicyclic) bond motifs is 3. The van der Waals surface area contributed by atoms with Crippen LogP contribution in [-0.2, 0) is 0 Å². The lowest BCUT2D eigenvalue weighted by atomic mass is 9.87. The van der Waals surface area contributed by atoms with Crippen molar-refractivity contribution in [1.82, 2.24) is 4.98 Å². The molecule has 4 heteroatoms. The molecule has 1 fully saturated rings. The summed E-state index contributed by atoms with van der Waals surface area (Å²) >= 11 is 8.04. The molecular weight excluding hydrogens is 288 g/mol. The molecule has 1 heterocycles. The Morgan fingerprint density at radius 3 is 3.00 bits per heavy atom. The van der Waals surface area contributed by atoms with Gasteiger partial charge in [0.25, 0.3) is 0 Å². The van der Waals surface area contributed by atoms with E-state index in [2.05, 4.69) is 29.4 Å². The highest BCUT2D eigenvalue weighted by molar-refractivity contribution is 7.16. The summed E-state index contributed by atoms with van der Waals surface area (Å²) in [5.74, 6) is 2.27. The van der Waals surface area contributed by atoms with Crippen molar-refractivity contribution in [3.63, 3.8) is 0 Å². The van der Waals surface area contributed by atoms with Crippen LogP contribution in [0.15, 0.2) is 29.8 Å².